The van der Waals surface area contributed by atoms with Gasteiger partial charge in [-0.3, -0.25) is 4.79 Å². The molecule has 0 aliphatic heterocycles. The summed E-state index contributed by atoms with van der Waals surface area (Å²) in [5.74, 6) is -0.397. The first-order valence-corrected chi connectivity index (χ1v) is 6.93. The van der Waals surface area contributed by atoms with E-state index in [1.807, 2.05) is 0 Å². The van der Waals surface area contributed by atoms with E-state index in [4.69, 9.17) is 15.4 Å². The van der Waals surface area contributed by atoms with Crippen molar-refractivity contribution < 1.29 is 17.9 Å². The van der Waals surface area contributed by atoms with Crippen molar-refractivity contribution in [1.82, 2.24) is 0 Å². The van der Waals surface area contributed by atoms with E-state index in [9.17, 15) is 13.2 Å². The van der Waals surface area contributed by atoms with Gasteiger partial charge in [0.1, 0.15) is 0 Å². The van der Waals surface area contributed by atoms with Crippen molar-refractivity contribution in [2.45, 2.75) is 18.2 Å². The van der Waals surface area contributed by atoms with Gasteiger partial charge >= 0.3 is 5.97 Å². The summed E-state index contributed by atoms with van der Waals surface area (Å²) >= 11 is 0. The van der Waals surface area contributed by atoms with Crippen LogP contribution in [-0.2, 0) is 25.0 Å². The van der Waals surface area contributed by atoms with Gasteiger partial charge in [-0.2, -0.15) is 0 Å². The van der Waals surface area contributed by atoms with Crippen LogP contribution in [0, 0.1) is 0 Å². The fourth-order valence-corrected chi connectivity index (χ4v) is 2.01. The number of halogens is 1. The summed E-state index contributed by atoms with van der Waals surface area (Å²) in [4.78, 5) is 11.2. The van der Waals surface area contributed by atoms with Gasteiger partial charge < -0.3 is 4.74 Å². The number of ether oxygens (including phenoxy) is 1. The average Bonchev–Trinajstić information content (AvgIpc) is 2.17. The Hall–Kier alpha value is -1.07. The predicted octanol–water partition coefficient (Wildman–Crippen LogP) is 1.72. The van der Waals surface area contributed by atoms with E-state index in [2.05, 4.69) is 0 Å². The Morgan fingerprint density at radius 1 is 1.44 bits per heavy atom. The van der Waals surface area contributed by atoms with E-state index in [0.717, 1.165) is 0 Å². The van der Waals surface area contributed by atoms with Gasteiger partial charge in [0.25, 0.3) is 9.05 Å². The van der Waals surface area contributed by atoms with Crippen molar-refractivity contribution >= 4 is 25.7 Å². The Balaban J connectivity index is 2.88. The lowest BCUT2D eigenvalue weighted by molar-refractivity contribution is -0.142. The normalized spacial score (nSPS) is 11.1. The predicted molar refractivity (Wildman–Crippen MR) is 59.8 cm³/mol. The van der Waals surface area contributed by atoms with Crippen LogP contribution in [-0.4, -0.2) is 21.0 Å². The zero-order valence-corrected chi connectivity index (χ0v) is 10.2. The summed E-state index contributed by atoms with van der Waals surface area (Å²) < 4.78 is 26.8. The topological polar surface area (TPSA) is 60.4 Å². The molecule has 88 valence electrons. The SMILES string of the molecule is CCOC(=O)Cc1cccc(S(=O)(=O)Cl)c1. The molecule has 0 N–H and O–H groups in total. The lowest BCUT2D eigenvalue weighted by Crippen LogP contribution is -2.07. The molecule has 0 heterocycles. The first-order chi connectivity index (χ1) is 7.43. The van der Waals surface area contributed by atoms with Gasteiger partial charge in [-0.15, -0.1) is 0 Å². The standard InChI is InChI=1S/C10H11ClO4S/c1-2-15-10(12)7-8-4-3-5-9(6-8)16(11,13)14/h3-6H,2,7H2,1H3. The fraction of sp³-hybridized carbons (Fsp3) is 0.300. The summed E-state index contributed by atoms with van der Waals surface area (Å²) in [6.45, 7) is 2.00. The molecule has 1 aromatic carbocycles. The number of carbonyl (C=O) groups is 1. The van der Waals surface area contributed by atoms with Gasteiger partial charge in [0, 0.05) is 10.7 Å². The summed E-state index contributed by atoms with van der Waals surface area (Å²) in [7, 11) is 1.43. The number of benzene rings is 1. The van der Waals surface area contributed by atoms with Gasteiger partial charge in [0.2, 0.25) is 0 Å². The van der Waals surface area contributed by atoms with E-state index in [-0.39, 0.29) is 11.3 Å². The Bertz CT molecular complexity index is 481. The molecule has 0 unspecified atom stereocenters. The van der Waals surface area contributed by atoms with Crippen LogP contribution in [0.1, 0.15) is 12.5 Å². The Labute approximate surface area is 98.6 Å². The number of hydrogen-bond acceptors (Lipinski definition) is 4. The summed E-state index contributed by atoms with van der Waals surface area (Å²) in [6.07, 6.45) is 0.0358. The Kier molecular flexibility index (Phi) is 4.32. The zero-order chi connectivity index (χ0) is 12.2. The number of rotatable bonds is 4. The second-order valence-electron chi connectivity index (χ2n) is 3.07. The number of carbonyl (C=O) groups excluding carboxylic acids is 1. The van der Waals surface area contributed by atoms with Crippen molar-refractivity contribution in [3.8, 4) is 0 Å². The highest BCUT2D eigenvalue weighted by Crippen LogP contribution is 2.16. The third kappa shape index (κ3) is 3.83. The Morgan fingerprint density at radius 2 is 2.12 bits per heavy atom. The second-order valence-corrected chi connectivity index (χ2v) is 5.63. The minimum Gasteiger partial charge on any atom is -0.466 e. The average molecular weight is 263 g/mol. The molecule has 0 saturated carbocycles. The van der Waals surface area contributed by atoms with Gasteiger partial charge in [-0.25, -0.2) is 8.42 Å². The van der Waals surface area contributed by atoms with E-state index >= 15 is 0 Å². The molecule has 1 rings (SSSR count). The quantitative estimate of drug-likeness (QED) is 0.612. The summed E-state index contributed by atoms with van der Waals surface area (Å²) in [6, 6.07) is 5.91. The van der Waals surface area contributed by atoms with Crippen LogP contribution in [0.4, 0.5) is 0 Å². The minimum atomic E-state index is -3.75. The molecule has 0 atom stereocenters. The van der Waals surface area contributed by atoms with Crippen LogP contribution in [0.5, 0.6) is 0 Å². The molecule has 0 spiro atoms. The highest BCUT2D eigenvalue weighted by Gasteiger charge is 2.11. The van der Waals surface area contributed by atoms with E-state index in [1.165, 1.54) is 18.2 Å². The third-order valence-electron chi connectivity index (χ3n) is 1.83. The molecule has 0 amide bonds. The van der Waals surface area contributed by atoms with Crippen LogP contribution in [0.25, 0.3) is 0 Å². The van der Waals surface area contributed by atoms with Crippen LogP contribution in [0.2, 0.25) is 0 Å². The van der Waals surface area contributed by atoms with Crippen molar-refractivity contribution in [2.75, 3.05) is 6.61 Å². The highest BCUT2D eigenvalue weighted by atomic mass is 35.7. The van der Waals surface area contributed by atoms with Crippen LogP contribution in [0.3, 0.4) is 0 Å². The molecule has 6 heteroatoms. The van der Waals surface area contributed by atoms with E-state index in [0.29, 0.717) is 12.2 Å². The fourth-order valence-electron chi connectivity index (χ4n) is 1.19. The lowest BCUT2D eigenvalue weighted by atomic mass is 10.1. The van der Waals surface area contributed by atoms with Crippen molar-refractivity contribution in [3.05, 3.63) is 29.8 Å². The number of esters is 1. The molecule has 0 radical (unpaired) electrons. The van der Waals surface area contributed by atoms with E-state index < -0.39 is 15.0 Å². The molecule has 16 heavy (non-hydrogen) atoms. The second kappa shape index (κ2) is 5.32. The molecule has 0 aliphatic rings. The van der Waals surface area contributed by atoms with E-state index in [1.54, 1.807) is 13.0 Å². The molecule has 0 fully saturated rings. The molecule has 0 aromatic heterocycles. The maximum absolute atomic E-state index is 11.2. The highest BCUT2D eigenvalue weighted by molar-refractivity contribution is 8.13. The van der Waals surface area contributed by atoms with Crippen molar-refractivity contribution in [1.29, 1.82) is 0 Å². The molecule has 0 aliphatic carbocycles. The zero-order valence-electron chi connectivity index (χ0n) is 8.64. The van der Waals surface area contributed by atoms with Gasteiger partial charge in [-0.05, 0) is 24.6 Å². The molecular formula is C10H11ClO4S. The number of hydrogen-bond donors (Lipinski definition) is 0. The molecular weight excluding hydrogens is 252 g/mol. The van der Waals surface area contributed by atoms with Gasteiger partial charge in [0.05, 0.1) is 17.9 Å². The monoisotopic (exact) mass is 262 g/mol. The smallest absolute Gasteiger partial charge is 0.310 e. The van der Waals surface area contributed by atoms with Crippen LogP contribution < -0.4 is 0 Å². The maximum atomic E-state index is 11.2. The minimum absolute atomic E-state index is 0.0176. The molecule has 4 nitrogen and oxygen atoms in total. The summed E-state index contributed by atoms with van der Waals surface area (Å²) in [5, 5.41) is 0. The van der Waals surface area contributed by atoms with Crippen molar-refractivity contribution in [2.24, 2.45) is 0 Å². The largest absolute Gasteiger partial charge is 0.466 e. The Morgan fingerprint density at radius 3 is 2.69 bits per heavy atom. The van der Waals surface area contributed by atoms with Crippen molar-refractivity contribution in [3.63, 3.8) is 0 Å². The molecule has 0 bridgehead atoms. The molecule has 1 aromatic rings. The first-order valence-electron chi connectivity index (χ1n) is 4.62. The van der Waals surface area contributed by atoms with Crippen LogP contribution >= 0.6 is 10.7 Å². The summed E-state index contributed by atoms with van der Waals surface area (Å²) in [5.41, 5.74) is 0.556. The third-order valence-corrected chi connectivity index (χ3v) is 3.19. The molecule has 0 saturated heterocycles. The van der Waals surface area contributed by atoms with Gasteiger partial charge in [-0.1, -0.05) is 12.1 Å². The van der Waals surface area contributed by atoms with Crippen LogP contribution in [0.15, 0.2) is 29.2 Å². The maximum Gasteiger partial charge on any atom is 0.310 e. The van der Waals surface area contributed by atoms with Gasteiger partial charge in [0.15, 0.2) is 0 Å². The lowest BCUT2D eigenvalue weighted by Gasteiger charge is -2.03. The first kappa shape index (κ1) is 13.0.